The summed E-state index contributed by atoms with van der Waals surface area (Å²) >= 11 is 0. The Kier molecular flexibility index (Phi) is 3.49. The van der Waals surface area contributed by atoms with Crippen molar-refractivity contribution in [3.63, 3.8) is 0 Å². The third kappa shape index (κ3) is 2.56. The first kappa shape index (κ1) is 13.2. The molecule has 1 fully saturated rings. The van der Waals surface area contributed by atoms with Crippen LogP contribution in [0.5, 0.6) is 0 Å². The van der Waals surface area contributed by atoms with Gasteiger partial charge in [0.15, 0.2) is 5.76 Å². The Balaban J connectivity index is 1.69. The fourth-order valence-corrected chi connectivity index (χ4v) is 2.90. The molecule has 1 saturated carbocycles. The second-order valence-corrected chi connectivity index (χ2v) is 5.72. The van der Waals surface area contributed by atoms with E-state index in [-0.39, 0.29) is 11.9 Å². The van der Waals surface area contributed by atoms with Gasteiger partial charge in [0.2, 0.25) is 0 Å². The SMILES string of the molecule is Cc1ccc2oc(C(=O)NCC3CCCC3N)cc2c1. The predicted octanol–water partition coefficient (Wildman–Crippen LogP) is 2.60. The summed E-state index contributed by atoms with van der Waals surface area (Å²) in [6.07, 6.45) is 3.32. The van der Waals surface area contributed by atoms with Crippen LogP contribution >= 0.6 is 0 Å². The third-order valence-corrected chi connectivity index (χ3v) is 4.14. The highest BCUT2D eigenvalue weighted by Crippen LogP contribution is 2.24. The molecule has 1 amide bonds. The van der Waals surface area contributed by atoms with Crippen LogP contribution in [0.1, 0.15) is 35.4 Å². The van der Waals surface area contributed by atoms with Gasteiger partial charge in [-0.3, -0.25) is 4.79 Å². The predicted molar refractivity (Wildman–Crippen MR) is 78.6 cm³/mol. The minimum absolute atomic E-state index is 0.155. The van der Waals surface area contributed by atoms with E-state index in [1.54, 1.807) is 6.07 Å². The van der Waals surface area contributed by atoms with Crippen molar-refractivity contribution in [2.45, 2.75) is 32.2 Å². The molecule has 0 bridgehead atoms. The number of carbonyl (C=O) groups is 1. The lowest BCUT2D eigenvalue weighted by molar-refractivity contribution is 0.0921. The zero-order valence-corrected chi connectivity index (χ0v) is 11.7. The highest BCUT2D eigenvalue weighted by molar-refractivity contribution is 5.96. The molecule has 0 radical (unpaired) electrons. The number of rotatable bonds is 3. The van der Waals surface area contributed by atoms with Gasteiger partial charge in [-0.2, -0.15) is 0 Å². The number of benzene rings is 1. The Morgan fingerprint density at radius 3 is 3.00 bits per heavy atom. The van der Waals surface area contributed by atoms with Gasteiger partial charge in [0.1, 0.15) is 5.58 Å². The first-order chi connectivity index (χ1) is 9.63. The van der Waals surface area contributed by atoms with Crippen LogP contribution in [0.2, 0.25) is 0 Å². The number of carbonyl (C=O) groups excluding carboxylic acids is 1. The van der Waals surface area contributed by atoms with E-state index in [1.165, 1.54) is 0 Å². The van der Waals surface area contributed by atoms with E-state index in [0.29, 0.717) is 18.2 Å². The van der Waals surface area contributed by atoms with E-state index in [2.05, 4.69) is 5.32 Å². The van der Waals surface area contributed by atoms with Crippen molar-refractivity contribution in [3.8, 4) is 0 Å². The molecule has 3 N–H and O–H groups in total. The smallest absolute Gasteiger partial charge is 0.287 e. The Bertz CT molecular complexity index is 632. The average Bonchev–Trinajstić information content (AvgIpc) is 3.01. The molecule has 20 heavy (non-hydrogen) atoms. The number of nitrogens with one attached hydrogen (secondary N) is 1. The van der Waals surface area contributed by atoms with Crippen molar-refractivity contribution in [2.75, 3.05) is 6.54 Å². The summed E-state index contributed by atoms with van der Waals surface area (Å²) in [4.78, 5) is 12.1. The minimum atomic E-state index is -0.155. The summed E-state index contributed by atoms with van der Waals surface area (Å²) in [6.45, 7) is 2.66. The van der Waals surface area contributed by atoms with Crippen molar-refractivity contribution >= 4 is 16.9 Å². The van der Waals surface area contributed by atoms with Gasteiger partial charge < -0.3 is 15.5 Å². The molecule has 1 aromatic carbocycles. The van der Waals surface area contributed by atoms with Gasteiger partial charge in [-0.05, 0) is 43.9 Å². The first-order valence-electron chi connectivity index (χ1n) is 7.17. The maximum absolute atomic E-state index is 12.1. The number of amides is 1. The highest BCUT2D eigenvalue weighted by atomic mass is 16.3. The average molecular weight is 272 g/mol. The monoisotopic (exact) mass is 272 g/mol. The molecule has 2 atom stereocenters. The largest absolute Gasteiger partial charge is 0.451 e. The molecule has 4 heteroatoms. The maximum Gasteiger partial charge on any atom is 0.287 e. The molecule has 0 spiro atoms. The van der Waals surface area contributed by atoms with Crippen LogP contribution in [0.25, 0.3) is 11.0 Å². The van der Waals surface area contributed by atoms with Gasteiger partial charge in [0.25, 0.3) is 5.91 Å². The van der Waals surface area contributed by atoms with Gasteiger partial charge in [-0.25, -0.2) is 0 Å². The minimum Gasteiger partial charge on any atom is -0.451 e. The Morgan fingerprint density at radius 2 is 2.25 bits per heavy atom. The highest BCUT2D eigenvalue weighted by Gasteiger charge is 2.24. The van der Waals surface area contributed by atoms with E-state index in [1.807, 2.05) is 25.1 Å². The molecule has 1 aliphatic carbocycles. The van der Waals surface area contributed by atoms with Gasteiger partial charge in [-0.15, -0.1) is 0 Å². The normalized spacial score (nSPS) is 22.3. The molecular weight excluding hydrogens is 252 g/mol. The van der Waals surface area contributed by atoms with Crippen LogP contribution in [-0.2, 0) is 0 Å². The number of hydrogen-bond acceptors (Lipinski definition) is 3. The molecule has 0 saturated heterocycles. The van der Waals surface area contributed by atoms with Crippen molar-refractivity contribution in [1.82, 2.24) is 5.32 Å². The molecule has 2 aromatic rings. The second kappa shape index (κ2) is 5.29. The Morgan fingerprint density at radius 1 is 1.40 bits per heavy atom. The fourth-order valence-electron chi connectivity index (χ4n) is 2.90. The number of hydrogen-bond donors (Lipinski definition) is 2. The summed E-state index contributed by atoms with van der Waals surface area (Å²) in [5, 5.41) is 3.90. The van der Waals surface area contributed by atoms with Crippen LogP contribution in [0.4, 0.5) is 0 Å². The van der Waals surface area contributed by atoms with Crippen LogP contribution in [0.3, 0.4) is 0 Å². The van der Waals surface area contributed by atoms with E-state index in [9.17, 15) is 4.79 Å². The van der Waals surface area contributed by atoms with E-state index in [0.717, 1.165) is 35.8 Å². The topological polar surface area (TPSA) is 68.3 Å². The number of aryl methyl sites for hydroxylation is 1. The van der Waals surface area contributed by atoms with Crippen molar-refractivity contribution in [1.29, 1.82) is 0 Å². The van der Waals surface area contributed by atoms with E-state index >= 15 is 0 Å². The second-order valence-electron chi connectivity index (χ2n) is 5.72. The summed E-state index contributed by atoms with van der Waals surface area (Å²) < 4.78 is 5.58. The van der Waals surface area contributed by atoms with Gasteiger partial charge in [0.05, 0.1) is 0 Å². The Labute approximate surface area is 118 Å². The first-order valence-corrected chi connectivity index (χ1v) is 7.17. The molecule has 3 rings (SSSR count). The molecule has 2 unspecified atom stereocenters. The van der Waals surface area contributed by atoms with Crippen molar-refractivity contribution in [2.24, 2.45) is 11.7 Å². The molecule has 1 heterocycles. The molecule has 1 aromatic heterocycles. The van der Waals surface area contributed by atoms with Gasteiger partial charge in [0, 0.05) is 18.0 Å². The number of furan rings is 1. The van der Waals surface area contributed by atoms with Crippen LogP contribution in [-0.4, -0.2) is 18.5 Å². The number of nitrogens with two attached hydrogens (primary N) is 1. The molecule has 4 nitrogen and oxygen atoms in total. The number of fused-ring (bicyclic) bond motifs is 1. The lowest BCUT2D eigenvalue weighted by atomic mass is 10.0. The van der Waals surface area contributed by atoms with E-state index < -0.39 is 0 Å². The van der Waals surface area contributed by atoms with Gasteiger partial charge in [-0.1, -0.05) is 18.1 Å². The van der Waals surface area contributed by atoms with Crippen LogP contribution in [0, 0.1) is 12.8 Å². The molecular formula is C16H20N2O2. The molecule has 0 aliphatic heterocycles. The fraction of sp³-hybridized carbons (Fsp3) is 0.438. The van der Waals surface area contributed by atoms with Crippen molar-refractivity contribution < 1.29 is 9.21 Å². The van der Waals surface area contributed by atoms with Crippen LogP contribution < -0.4 is 11.1 Å². The van der Waals surface area contributed by atoms with Gasteiger partial charge >= 0.3 is 0 Å². The molecule has 106 valence electrons. The summed E-state index contributed by atoms with van der Waals surface area (Å²) in [5.41, 5.74) is 7.91. The third-order valence-electron chi connectivity index (χ3n) is 4.14. The maximum atomic E-state index is 12.1. The Hall–Kier alpha value is -1.81. The summed E-state index contributed by atoms with van der Waals surface area (Å²) in [5.74, 6) is 0.612. The zero-order valence-electron chi connectivity index (χ0n) is 11.7. The lowest BCUT2D eigenvalue weighted by Crippen LogP contribution is -2.35. The summed E-state index contributed by atoms with van der Waals surface area (Å²) in [7, 11) is 0. The molecule has 1 aliphatic rings. The summed E-state index contributed by atoms with van der Waals surface area (Å²) in [6, 6.07) is 7.90. The standard InChI is InChI=1S/C16H20N2O2/c1-10-5-6-14-12(7-10)8-15(20-14)16(19)18-9-11-3-2-4-13(11)17/h5-8,11,13H,2-4,9,17H2,1H3,(H,18,19). The zero-order chi connectivity index (χ0) is 14.1. The van der Waals surface area contributed by atoms with Crippen LogP contribution in [0.15, 0.2) is 28.7 Å². The quantitative estimate of drug-likeness (QED) is 0.902. The van der Waals surface area contributed by atoms with Crippen molar-refractivity contribution in [3.05, 3.63) is 35.6 Å². The lowest BCUT2D eigenvalue weighted by Gasteiger charge is -2.15. The van der Waals surface area contributed by atoms with E-state index in [4.69, 9.17) is 10.2 Å².